The van der Waals surface area contributed by atoms with Gasteiger partial charge >= 0.3 is 0 Å². The Hall–Kier alpha value is -0.220. The second kappa shape index (κ2) is 3.66. The predicted octanol–water partition coefficient (Wildman–Crippen LogP) is 0.333. The van der Waals surface area contributed by atoms with Gasteiger partial charge in [-0.3, -0.25) is 4.79 Å². The highest BCUT2D eigenvalue weighted by Crippen LogP contribution is 2.20. The number of carbonyl (C=O) groups excluding carboxylic acids is 1. The Kier molecular flexibility index (Phi) is 3.01. The molecular formula is C8H15NO2S. The molecule has 1 heterocycles. The van der Waals surface area contributed by atoms with Crippen LogP contribution in [0, 0.1) is 0 Å². The third kappa shape index (κ3) is 2.38. The lowest BCUT2D eigenvalue weighted by atomic mass is 10.1. The smallest absolute Gasteiger partial charge is 0.232 e. The van der Waals surface area contributed by atoms with Gasteiger partial charge in [0.1, 0.15) is 0 Å². The molecular weight excluding hydrogens is 174 g/mol. The van der Waals surface area contributed by atoms with E-state index in [1.54, 1.807) is 11.8 Å². The second-order valence-electron chi connectivity index (χ2n) is 3.50. The number of thioether (sulfide) groups is 1. The minimum atomic E-state index is -0.659. The number of rotatable bonds is 2. The fraction of sp³-hybridized carbons (Fsp3) is 0.875. The topological polar surface area (TPSA) is 40.5 Å². The Morgan fingerprint density at radius 3 is 2.83 bits per heavy atom. The number of amides is 1. The van der Waals surface area contributed by atoms with E-state index in [-0.39, 0.29) is 5.91 Å². The number of likely N-dealkylation sites (tertiary alicyclic amines) is 1. The number of hydrogen-bond acceptors (Lipinski definition) is 3. The number of β-amino-alcohol motifs (C(OH)–C–C–N with tert-alkyl or cyclic N) is 1. The lowest BCUT2D eigenvalue weighted by molar-refractivity contribution is -0.128. The van der Waals surface area contributed by atoms with Crippen LogP contribution in [0.2, 0.25) is 0 Å². The Morgan fingerprint density at radius 1 is 1.75 bits per heavy atom. The maximum absolute atomic E-state index is 11.3. The van der Waals surface area contributed by atoms with Crippen LogP contribution in [0.1, 0.15) is 13.3 Å². The summed E-state index contributed by atoms with van der Waals surface area (Å²) in [4.78, 5) is 13.1. The van der Waals surface area contributed by atoms with Crippen LogP contribution in [0.4, 0.5) is 0 Å². The molecule has 1 saturated heterocycles. The summed E-state index contributed by atoms with van der Waals surface area (Å²) in [5.41, 5.74) is -0.659. The zero-order chi connectivity index (χ0) is 9.19. The minimum Gasteiger partial charge on any atom is -0.388 e. The van der Waals surface area contributed by atoms with E-state index in [0.717, 1.165) is 0 Å². The Labute approximate surface area is 77.1 Å². The zero-order valence-corrected chi connectivity index (χ0v) is 8.36. The molecule has 1 unspecified atom stereocenters. The van der Waals surface area contributed by atoms with E-state index in [9.17, 15) is 9.90 Å². The number of carbonyl (C=O) groups is 1. The van der Waals surface area contributed by atoms with Crippen molar-refractivity contribution < 1.29 is 9.90 Å². The van der Waals surface area contributed by atoms with Crippen LogP contribution in [0.25, 0.3) is 0 Å². The highest BCUT2D eigenvalue weighted by atomic mass is 32.2. The molecule has 0 aromatic heterocycles. The van der Waals surface area contributed by atoms with Crippen molar-refractivity contribution >= 4 is 17.7 Å². The molecule has 0 aromatic carbocycles. The fourth-order valence-corrected chi connectivity index (χ4v) is 1.80. The number of aliphatic hydroxyl groups is 1. The van der Waals surface area contributed by atoms with Crippen LogP contribution in [-0.4, -0.2) is 46.6 Å². The molecule has 0 bridgehead atoms. The van der Waals surface area contributed by atoms with E-state index < -0.39 is 5.60 Å². The van der Waals surface area contributed by atoms with Crippen LogP contribution < -0.4 is 0 Å². The van der Waals surface area contributed by atoms with Crippen LogP contribution >= 0.6 is 11.8 Å². The molecule has 1 atom stereocenters. The minimum absolute atomic E-state index is 0.139. The molecule has 1 amide bonds. The third-order valence-electron chi connectivity index (χ3n) is 2.07. The third-order valence-corrected chi connectivity index (χ3v) is 2.61. The van der Waals surface area contributed by atoms with Crippen molar-refractivity contribution in [3.05, 3.63) is 0 Å². The second-order valence-corrected chi connectivity index (χ2v) is 4.36. The first-order valence-electron chi connectivity index (χ1n) is 4.04. The van der Waals surface area contributed by atoms with Gasteiger partial charge in [-0.25, -0.2) is 0 Å². The molecule has 0 saturated carbocycles. The Balaban J connectivity index is 2.41. The molecule has 4 heteroatoms. The molecule has 1 rings (SSSR count). The first kappa shape index (κ1) is 9.86. The van der Waals surface area contributed by atoms with Crippen molar-refractivity contribution in [2.75, 3.05) is 25.1 Å². The highest BCUT2D eigenvalue weighted by Gasteiger charge is 2.33. The van der Waals surface area contributed by atoms with Gasteiger partial charge in [0.25, 0.3) is 0 Å². The van der Waals surface area contributed by atoms with Gasteiger partial charge in [-0.05, 0) is 19.6 Å². The molecule has 1 aliphatic heterocycles. The predicted molar refractivity (Wildman–Crippen MR) is 50.2 cm³/mol. The van der Waals surface area contributed by atoms with Gasteiger partial charge in [0.15, 0.2) is 0 Å². The standard InChI is InChI=1S/C8H15NO2S/c1-8(11)3-4-9(6-8)7(10)5-12-2/h11H,3-6H2,1-2H3. The monoisotopic (exact) mass is 189 g/mol. The van der Waals surface area contributed by atoms with E-state index in [4.69, 9.17) is 0 Å². The average Bonchev–Trinajstić information content (AvgIpc) is 2.31. The van der Waals surface area contributed by atoms with Crippen LogP contribution in [0.3, 0.4) is 0 Å². The summed E-state index contributed by atoms with van der Waals surface area (Å²) in [7, 11) is 0. The molecule has 0 radical (unpaired) electrons. The van der Waals surface area contributed by atoms with Crippen molar-refractivity contribution in [1.82, 2.24) is 4.90 Å². The summed E-state index contributed by atoms with van der Waals surface area (Å²) in [6.07, 6.45) is 2.61. The van der Waals surface area contributed by atoms with Gasteiger partial charge in [-0.2, -0.15) is 11.8 Å². The first-order chi connectivity index (χ1) is 5.55. The molecule has 0 spiro atoms. The van der Waals surface area contributed by atoms with Crippen molar-refractivity contribution in [3.63, 3.8) is 0 Å². The van der Waals surface area contributed by atoms with Gasteiger partial charge < -0.3 is 10.0 Å². The number of hydrogen-bond donors (Lipinski definition) is 1. The average molecular weight is 189 g/mol. The van der Waals surface area contributed by atoms with Crippen LogP contribution in [0.5, 0.6) is 0 Å². The van der Waals surface area contributed by atoms with Gasteiger partial charge in [0.2, 0.25) is 5.91 Å². The first-order valence-corrected chi connectivity index (χ1v) is 5.44. The molecule has 1 N–H and O–H groups in total. The van der Waals surface area contributed by atoms with E-state index in [2.05, 4.69) is 0 Å². The van der Waals surface area contributed by atoms with Crippen LogP contribution in [0.15, 0.2) is 0 Å². The van der Waals surface area contributed by atoms with Crippen LogP contribution in [-0.2, 0) is 4.79 Å². The molecule has 0 aliphatic carbocycles. The van der Waals surface area contributed by atoms with Gasteiger partial charge in [-0.15, -0.1) is 0 Å². The Bertz CT molecular complexity index is 182. The largest absolute Gasteiger partial charge is 0.388 e. The highest BCUT2D eigenvalue weighted by molar-refractivity contribution is 7.99. The van der Waals surface area contributed by atoms with Crippen molar-refractivity contribution in [1.29, 1.82) is 0 Å². The van der Waals surface area contributed by atoms with E-state index in [0.29, 0.717) is 25.3 Å². The molecule has 12 heavy (non-hydrogen) atoms. The van der Waals surface area contributed by atoms with E-state index in [1.165, 1.54) is 11.8 Å². The van der Waals surface area contributed by atoms with Gasteiger partial charge in [0.05, 0.1) is 11.4 Å². The van der Waals surface area contributed by atoms with E-state index >= 15 is 0 Å². The molecule has 0 aromatic rings. The Morgan fingerprint density at radius 2 is 2.42 bits per heavy atom. The fourth-order valence-electron chi connectivity index (χ4n) is 1.37. The molecule has 1 aliphatic rings. The summed E-state index contributed by atoms with van der Waals surface area (Å²) in [6, 6.07) is 0. The normalized spacial score (nSPS) is 29.4. The molecule has 3 nitrogen and oxygen atoms in total. The molecule has 1 fully saturated rings. The summed E-state index contributed by atoms with van der Waals surface area (Å²) < 4.78 is 0. The van der Waals surface area contributed by atoms with Gasteiger partial charge in [0, 0.05) is 13.1 Å². The van der Waals surface area contributed by atoms with E-state index in [1.807, 2.05) is 6.26 Å². The number of nitrogens with zero attached hydrogens (tertiary/aromatic N) is 1. The summed E-state index contributed by atoms with van der Waals surface area (Å²) in [6.45, 7) is 2.97. The quantitative estimate of drug-likeness (QED) is 0.680. The maximum atomic E-state index is 11.3. The zero-order valence-electron chi connectivity index (χ0n) is 7.54. The van der Waals surface area contributed by atoms with Crippen molar-refractivity contribution in [3.8, 4) is 0 Å². The lowest BCUT2D eigenvalue weighted by Gasteiger charge is -2.18. The van der Waals surface area contributed by atoms with Crippen molar-refractivity contribution in [2.24, 2.45) is 0 Å². The SMILES string of the molecule is CSCC(=O)N1CCC(C)(O)C1. The summed E-state index contributed by atoms with van der Waals surface area (Å²) in [5.74, 6) is 0.663. The maximum Gasteiger partial charge on any atom is 0.232 e. The molecule has 70 valence electrons. The summed E-state index contributed by atoms with van der Waals surface area (Å²) in [5, 5.41) is 9.58. The lowest BCUT2D eigenvalue weighted by Crippen LogP contribution is -2.34. The summed E-state index contributed by atoms with van der Waals surface area (Å²) >= 11 is 1.52. The van der Waals surface area contributed by atoms with Gasteiger partial charge in [-0.1, -0.05) is 0 Å². The van der Waals surface area contributed by atoms with Crippen molar-refractivity contribution in [2.45, 2.75) is 18.9 Å².